The maximum Gasteiger partial charge on any atom is 0.321 e. The van der Waals surface area contributed by atoms with Gasteiger partial charge in [0.1, 0.15) is 11.6 Å². The van der Waals surface area contributed by atoms with Crippen LogP contribution in [0.15, 0.2) is 18.2 Å². The smallest absolute Gasteiger partial charge is 0.321 e. The van der Waals surface area contributed by atoms with Gasteiger partial charge in [-0.25, -0.2) is 13.6 Å². The highest BCUT2D eigenvalue weighted by atomic mass is 19.1. The third-order valence-electron chi connectivity index (χ3n) is 4.95. The van der Waals surface area contributed by atoms with E-state index in [1.165, 1.54) is 6.07 Å². The zero-order valence-electron chi connectivity index (χ0n) is 12.9. The summed E-state index contributed by atoms with van der Waals surface area (Å²) in [6, 6.07) is 2.75. The molecule has 1 aromatic carbocycles. The van der Waals surface area contributed by atoms with Gasteiger partial charge in [0.25, 0.3) is 0 Å². The Morgan fingerprint density at radius 1 is 1.41 bits per heavy atom. The minimum absolute atomic E-state index is 0.0189. The third-order valence-corrected chi connectivity index (χ3v) is 4.95. The van der Waals surface area contributed by atoms with Crippen molar-refractivity contribution in [1.82, 2.24) is 4.90 Å². The topological polar surface area (TPSA) is 41.6 Å². The largest absolute Gasteiger partial charge is 0.377 e. The molecular formula is C16H20F2N2O2. The van der Waals surface area contributed by atoms with Gasteiger partial charge in [0.2, 0.25) is 0 Å². The molecular weight excluding hydrogens is 290 g/mol. The normalized spacial score (nSPS) is 28.7. The summed E-state index contributed by atoms with van der Waals surface area (Å²) < 4.78 is 32.3. The van der Waals surface area contributed by atoms with Gasteiger partial charge in [-0.2, -0.15) is 0 Å². The fourth-order valence-corrected chi connectivity index (χ4v) is 4.00. The van der Waals surface area contributed by atoms with Gasteiger partial charge in [-0.15, -0.1) is 0 Å². The highest BCUT2D eigenvalue weighted by Crippen LogP contribution is 2.54. The van der Waals surface area contributed by atoms with E-state index in [4.69, 9.17) is 4.74 Å². The molecule has 3 unspecified atom stereocenters. The lowest BCUT2D eigenvalue weighted by Crippen LogP contribution is -2.67. The Morgan fingerprint density at radius 2 is 2.14 bits per heavy atom. The van der Waals surface area contributed by atoms with Crippen molar-refractivity contribution >= 4 is 11.7 Å². The Labute approximate surface area is 128 Å². The quantitative estimate of drug-likeness (QED) is 0.911. The van der Waals surface area contributed by atoms with Crippen molar-refractivity contribution in [1.29, 1.82) is 0 Å². The molecule has 2 fully saturated rings. The number of benzene rings is 1. The van der Waals surface area contributed by atoms with Gasteiger partial charge in [-0.05, 0) is 18.6 Å². The van der Waals surface area contributed by atoms with Crippen molar-refractivity contribution in [2.24, 2.45) is 11.3 Å². The minimum Gasteiger partial charge on any atom is -0.377 e. The Morgan fingerprint density at radius 3 is 2.82 bits per heavy atom. The molecule has 6 heteroatoms. The highest BCUT2D eigenvalue weighted by Gasteiger charge is 2.61. The average Bonchev–Trinajstić information content (AvgIpc) is 2.88. The van der Waals surface area contributed by atoms with Gasteiger partial charge >= 0.3 is 6.03 Å². The van der Waals surface area contributed by atoms with Crippen molar-refractivity contribution in [3.63, 3.8) is 0 Å². The van der Waals surface area contributed by atoms with Crippen LogP contribution in [0.4, 0.5) is 19.3 Å². The van der Waals surface area contributed by atoms with Gasteiger partial charge in [0.05, 0.1) is 11.8 Å². The van der Waals surface area contributed by atoms with Crippen LogP contribution >= 0.6 is 0 Å². The van der Waals surface area contributed by atoms with E-state index < -0.39 is 17.7 Å². The van der Waals surface area contributed by atoms with Crippen LogP contribution in [-0.2, 0) is 4.74 Å². The molecule has 3 atom stereocenters. The van der Waals surface area contributed by atoms with E-state index >= 15 is 0 Å². The molecule has 1 aliphatic heterocycles. The zero-order valence-corrected chi connectivity index (χ0v) is 12.9. The first-order valence-corrected chi connectivity index (χ1v) is 7.43. The van der Waals surface area contributed by atoms with E-state index in [2.05, 4.69) is 19.2 Å². The molecule has 22 heavy (non-hydrogen) atoms. The molecule has 0 aromatic heterocycles. The number of hydrogen-bond donors (Lipinski definition) is 1. The van der Waals surface area contributed by atoms with Crippen LogP contribution in [0.5, 0.6) is 0 Å². The summed E-state index contributed by atoms with van der Waals surface area (Å²) >= 11 is 0. The summed E-state index contributed by atoms with van der Waals surface area (Å²) in [4.78, 5) is 14.0. The summed E-state index contributed by atoms with van der Waals surface area (Å²) in [5, 5.41) is 2.51. The van der Waals surface area contributed by atoms with E-state index in [0.29, 0.717) is 5.92 Å². The zero-order chi connectivity index (χ0) is 16.1. The molecule has 1 aromatic rings. The first kappa shape index (κ1) is 15.2. The molecule has 4 nitrogen and oxygen atoms in total. The summed E-state index contributed by atoms with van der Waals surface area (Å²) in [5.41, 5.74) is -0.149. The van der Waals surface area contributed by atoms with Gasteiger partial charge in [0, 0.05) is 37.1 Å². The number of rotatable bonds is 2. The number of hydrogen-bond acceptors (Lipinski definition) is 2. The molecule has 1 N–H and O–H groups in total. The predicted octanol–water partition coefficient (Wildman–Crippen LogP) is 3.24. The van der Waals surface area contributed by atoms with Crippen molar-refractivity contribution in [3.8, 4) is 0 Å². The van der Waals surface area contributed by atoms with E-state index in [1.54, 1.807) is 11.9 Å². The van der Waals surface area contributed by atoms with E-state index in [9.17, 15) is 13.6 Å². The van der Waals surface area contributed by atoms with Crippen LogP contribution in [0, 0.1) is 23.0 Å². The molecule has 2 aliphatic rings. The number of nitrogens with one attached hydrogen (secondary N) is 1. The number of anilines is 1. The number of amides is 2. The van der Waals surface area contributed by atoms with Crippen molar-refractivity contribution in [2.45, 2.75) is 32.4 Å². The number of urea groups is 1. The van der Waals surface area contributed by atoms with Crippen molar-refractivity contribution in [2.75, 3.05) is 19.0 Å². The maximum atomic E-state index is 13.6. The molecule has 1 saturated carbocycles. The van der Waals surface area contributed by atoms with E-state index in [-0.39, 0.29) is 23.2 Å². The fraction of sp³-hybridized carbons (Fsp3) is 0.562. The second-order valence-electron chi connectivity index (χ2n) is 6.68. The SMILES string of the molecule is CN(C(=O)Nc1ccc(F)cc1F)C1C2CCOC2C1(C)C. The number of nitrogens with zero attached hydrogens (tertiary/aromatic N) is 1. The minimum atomic E-state index is -0.781. The van der Waals surface area contributed by atoms with Crippen LogP contribution in [0.3, 0.4) is 0 Å². The average molecular weight is 310 g/mol. The Bertz CT molecular complexity index is 606. The summed E-state index contributed by atoms with van der Waals surface area (Å²) in [6.07, 6.45) is 1.11. The standard InChI is InChI=1S/C16H20F2N2O2/c1-16(2)13(10-6-7-22-14(10)16)20(3)15(21)19-12-5-4-9(17)8-11(12)18/h4-5,8,10,13-14H,6-7H2,1-3H3,(H,19,21). The van der Waals surface area contributed by atoms with Crippen LogP contribution in [0.25, 0.3) is 0 Å². The first-order valence-electron chi connectivity index (χ1n) is 7.43. The summed E-state index contributed by atoms with van der Waals surface area (Å²) in [7, 11) is 1.71. The molecule has 120 valence electrons. The summed E-state index contributed by atoms with van der Waals surface area (Å²) in [6.45, 7) is 4.87. The second kappa shape index (κ2) is 5.19. The molecule has 2 amide bonds. The predicted molar refractivity (Wildman–Crippen MR) is 78.6 cm³/mol. The lowest BCUT2D eigenvalue weighted by molar-refractivity contribution is -0.137. The number of fused-ring (bicyclic) bond motifs is 1. The van der Waals surface area contributed by atoms with Crippen molar-refractivity contribution in [3.05, 3.63) is 29.8 Å². The molecule has 1 saturated heterocycles. The molecule has 3 rings (SSSR count). The number of ether oxygens (including phenoxy) is 1. The van der Waals surface area contributed by atoms with Gasteiger partial charge < -0.3 is 15.0 Å². The van der Waals surface area contributed by atoms with Gasteiger partial charge in [-0.3, -0.25) is 0 Å². The molecule has 1 aliphatic carbocycles. The van der Waals surface area contributed by atoms with Crippen LogP contribution in [0.2, 0.25) is 0 Å². The number of carbonyl (C=O) groups is 1. The van der Waals surface area contributed by atoms with Gasteiger partial charge in [-0.1, -0.05) is 13.8 Å². The third kappa shape index (κ3) is 2.26. The van der Waals surface area contributed by atoms with Crippen LogP contribution in [0.1, 0.15) is 20.3 Å². The van der Waals surface area contributed by atoms with Crippen molar-refractivity contribution < 1.29 is 18.3 Å². The second-order valence-corrected chi connectivity index (χ2v) is 6.68. The molecule has 0 radical (unpaired) electrons. The lowest BCUT2D eigenvalue weighted by atomic mass is 9.57. The Balaban J connectivity index is 1.72. The highest BCUT2D eigenvalue weighted by molar-refractivity contribution is 5.89. The van der Waals surface area contributed by atoms with Crippen LogP contribution < -0.4 is 5.32 Å². The number of halogens is 2. The van der Waals surface area contributed by atoms with Crippen LogP contribution in [-0.4, -0.2) is 36.7 Å². The maximum absolute atomic E-state index is 13.6. The fourth-order valence-electron chi connectivity index (χ4n) is 4.00. The Kier molecular flexibility index (Phi) is 3.59. The first-order chi connectivity index (χ1) is 10.3. The molecule has 0 bridgehead atoms. The number of carbonyl (C=O) groups excluding carboxylic acids is 1. The molecule has 1 heterocycles. The van der Waals surface area contributed by atoms with Gasteiger partial charge in [0.15, 0.2) is 0 Å². The summed E-state index contributed by atoms with van der Waals surface area (Å²) in [5.74, 6) is -1.13. The monoisotopic (exact) mass is 310 g/mol. The van der Waals surface area contributed by atoms with E-state index in [1.807, 2.05) is 0 Å². The lowest BCUT2D eigenvalue weighted by Gasteiger charge is -2.57. The molecule has 0 spiro atoms. The van der Waals surface area contributed by atoms with E-state index in [0.717, 1.165) is 25.2 Å². The Hall–Kier alpha value is -1.69.